The lowest BCUT2D eigenvalue weighted by Gasteiger charge is -2.18. The maximum Gasteiger partial charge on any atom is 0.0653 e. The third-order valence-corrected chi connectivity index (χ3v) is 4.54. The molecule has 1 atom stereocenters. The molecular formula is C16H21NS. The molecule has 0 aliphatic carbocycles. The lowest BCUT2D eigenvalue weighted by molar-refractivity contribution is 0.854. The van der Waals surface area contributed by atoms with Crippen LogP contribution in [0.3, 0.4) is 0 Å². The fourth-order valence-electron chi connectivity index (χ4n) is 2.73. The molecule has 1 aromatic carbocycles. The Morgan fingerprint density at radius 1 is 1.17 bits per heavy atom. The van der Waals surface area contributed by atoms with Crippen LogP contribution < -0.4 is 5.73 Å². The molecule has 0 aliphatic rings. The van der Waals surface area contributed by atoms with Crippen molar-refractivity contribution < 1.29 is 0 Å². The smallest absolute Gasteiger partial charge is 0.0653 e. The summed E-state index contributed by atoms with van der Waals surface area (Å²) in [4.78, 5) is 1.31. The van der Waals surface area contributed by atoms with E-state index in [1.807, 2.05) is 0 Å². The average Bonchev–Trinajstić information content (AvgIpc) is 2.75. The van der Waals surface area contributed by atoms with Crippen LogP contribution >= 0.6 is 11.3 Å². The van der Waals surface area contributed by atoms with Crippen molar-refractivity contribution in [1.82, 2.24) is 0 Å². The summed E-state index contributed by atoms with van der Waals surface area (Å²) >= 11 is 1.77. The summed E-state index contributed by atoms with van der Waals surface area (Å²) in [5.41, 5.74) is 13.1. The molecule has 0 bridgehead atoms. The minimum Gasteiger partial charge on any atom is -0.320 e. The Hall–Kier alpha value is -1.12. The van der Waals surface area contributed by atoms with Crippen molar-refractivity contribution in [2.45, 2.75) is 40.2 Å². The second kappa shape index (κ2) is 5.25. The summed E-state index contributed by atoms with van der Waals surface area (Å²) in [6.45, 7) is 8.65. The molecule has 0 saturated heterocycles. The van der Waals surface area contributed by atoms with Gasteiger partial charge < -0.3 is 5.73 Å². The largest absolute Gasteiger partial charge is 0.320 e. The van der Waals surface area contributed by atoms with Crippen LogP contribution in [0.2, 0.25) is 0 Å². The van der Waals surface area contributed by atoms with Crippen molar-refractivity contribution in [3.05, 3.63) is 56.3 Å². The quantitative estimate of drug-likeness (QED) is 0.874. The minimum atomic E-state index is 0.0144. The SMILES string of the molecule is CCc1ccsc1C(N)c1c(C)cc(C)cc1C. The summed E-state index contributed by atoms with van der Waals surface area (Å²) in [7, 11) is 0. The van der Waals surface area contributed by atoms with Gasteiger partial charge in [-0.3, -0.25) is 0 Å². The molecule has 1 heterocycles. The molecule has 18 heavy (non-hydrogen) atoms. The molecule has 1 unspecified atom stereocenters. The third-order valence-electron chi connectivity index (χ3n) is 3.49. The first-order chi connectivity index (χ1) is 8.54. The summed E-state index contributed by atoms with van der Waals surface area (Å²) in [5.74, 6) is 0. The van der Waals surface area contributed by atoms with Gasteiger partial charge in [-0.1, -0.05) is 24.6 Å². The summed E-state index contributed by atoms with van der Waals surface area (Å²) < 4.78 is 0. The summed E-state index contributed by atoms with van der Waals surface area (Å²) in [6, 6.07) is 6.65. The number of rotatable bonds is 3. The van der Waals surface area contributed by atoms with Gasteiger partial charge in [-0.05, 0) is 60.9 Å². The number of aryl methyl sites for hydroxylation is 4. The molecule has 96 valence electrons. The van der Waals surface area contributed by atoms with Crippen molar-refractivity contribution in [1.29, 1.82) is 0 Å². The Labute approximate surface area is 114 Å². The summed E-state index contributed by atoms with van der Waals surface area (Å²) in [5, 5.41) is 2.15. The van der Waals surface area contributed by atoms with Gasteiger partial charge in [0.15, 0.2) is 0 Å². The predicted octanol–water partition coefficient (Wildman–Crippen LogP) is 4.28. The Morgan fingerprint density at radius 3 is 2.33 bits per heavy atom. The highest BCUT2D eigenvalue weighted by atomic mass is 32.1. The molecule has 0 aliphatic heterocycles. The highest BCUT2D eigenvalue weighted by Crippen LogP contribution is 2.32. The second-order valence-corrected chi connectivity index (χ2v) is 5.90. The van der Waals surface area contributed by atoms with Crippen LogP contribution in [0, 0.1) is 20.8 Å². The van der Waals surface area contributed by atoms with Gasteiger partial charge in [-0.25, -0.2) is 0 Å². The zero-order valence-corrected chi connectivity index (χ0v) is 12.4. The number of benzene rings is 1. The lowest BCUT2D eigenvalue weighted by Crippen LogP contribution is -2.15. The minimum absolute atomic E-state index is 0.0144. The van der Waals surface area contributed by atoms with Gasteiger partial charge in [-0.2, -0.15) is 0 Å². The molecule has 2 aromatic rings. The van der Waals surface area contributed by atoms with Gasteiger partial charge in [0.05, 0.1) is 6.04 Å². The van der Waals surface area contributed by atoms with E-state index >= 15 is 0 Å². The molecular weight excluding hydrogens is 238 g/mol. The first-order valence-corrected chi connectivity index (χ1v) is 7.32. The van der Waals surface area contributed by atoms with Crippen molar-refractivity contribution >= 4 is 11.3 Å². The molecule has 2 N–H and O–H groups in total. The van der Waals surface area contributed by atoms with Crippen molar-refractivity contribution in [3.8, 4) is 0 Å². The maximum absolute atomic E-state index is 6.50. The molecule has 0 spiro atoms. The molecule has 0 fully saturated rings. The van der Waals surface area contributed by atoms with Crippen molar-refractivity contribution in [2.24, 2.45) is 5.73 Å². The van der Waals surface area contributed by atoms with Crippen LogP contribution in [0.25, 0.3) is 0 Å². The first-order valence-electron chi connectivity index (χ1n) is 6.44. The number of hydrogen-bond donors (Lipinski definition) is 1. The van der Waals surface area contributed by atoms with Crippen molar-refractivity contribution in [3.63, 3.8) is 0 Å². The lowest BCUT2D eigenvalue weighted by atomic mass is 9.92. The van der Waals surface area contributed by atoms with E-state index in [9.17, 15) is 0 Å². The Bertz CT molecular complexity index is 531. The second-order valence-electron chi connectivity index (χ2n) is 4.95. The molecule has 0 amide bonds. The van der Waals surface area contributed by atoms with Crippen LogP contribution in [0.1, 0.15) is 45.7 Å². The Balaban J connectivity index is 2.49. The van der Waals surface area contributed by atoms with Gasteiger partial charge >= 0.3 is 0 Å². The van der Waals surface area contributed by atoms with E-state index in [4.69, 9.17) is 5.73 Å². The summed E-state index contributed by atoms with van der Waals surface area (Å²) in [6.07, 6.45) is 1.05. The van der Waals surface area contributed by atoms with Gasteiger partial charge in [0.2, 0.25) is 0 Å². The zero-order valence-electron chi connectivity index (χ0n) is 11.6. The zero-order chi connectivity index (χ0) is 13.3. The van der Waals surface area contributed by atoms with E-state index in [-0.39, 0.29) is 6.04 Å². The Morgan fingerprint density at radius 2 is 1.78 bits per heavy atom. The van der Waals surface area contributed by atoms with E-state index < -0.39 is 0 Å². The maximum atomic E-state index is 6.50. The molecule has 2 heteroatoms. The Kier molecular flexibility index (Phi) is 3.88. The van der Waals surface area contributed by atoms with E-state index in [1.165, 1.54) is 32.7 Å². The first kappa shape index (κ1) is 13.3. The highest BCUT2D eigenvalue weighted by Gasteiger charge is 2.18. The average molecular weight is 259 g/mol. The van der Waals surface area contributed by atoms with Crippen LogP contribution in [-0.4, -0.2) is 0 Å². The monoisotopic (exact) mass is 259 g/mol. The van der Waals surface area contributed by atoms with Gasteiger partial charge in [0.25, 0.3) is 0 Å². The van der Waals surface area contributed by atoms with E-state index in [2.05, 4.69) is 51.3 Å². The van der Waals surface area contributed by atoms with E-state index in [0.29, 0.717) is 0 Å². The molecule has 1 nitrogen and oxygen atoms in total. The number of thiophene rings is 1. The predicted molar refractivity (Wildman–Crippen MR) is 80.4 cm³/mol. The third kappa shape index (κ3) is 2.36. The fraction of sp³-hybridized carbons (Fsp3) is 0.375. The molecule has 1 aromatic heterocycles. The molecule has 0 radical (unpaired) electrons. The highest BCUT2D eigenvalue weighted by molar-refractivity contribution is 7.10. The number of hydrogen-bond acceptors (Lipinski definition) is 2. The fourth-order valence-corrected chi connectivity index (χ4v) is 3.73. The van der Waals surface area contributed by atoms with Crippen LogP contribution in [0.4, 0.5) is 0 Å². The molecule has 2 rings (SSSR count). The van der Waals surface area contributed by atoms with E-state index in [0.717, 1.165) is 6.42 Å². The van der Waals surface area contributed by atoms with E-state index in [1.54, 1.807) is 11.3 Å². The van der Waals surface area contributed by atoms with Gasteiger partial charge in [0.1, 0.15) is 0 Å². The van der Waals surface area contributed by atoms with Crippen molar-refractivity contribution in [2.75, 3.05) is 0 Å². The van der Waals surface area contributed by atoms with Crippen LogP contribution in [-0.2, 0) is 6.42 Å². The van der Waals surface area contributed by atoms with Gasteiger partial charge in [-0.15, -0.1) is 11.3 Å². The van der Waals surface area contributed by atoms with Gasteiger partial charge in [0, 0.05) is 4.88 Å². The van der Waals surface area contributed by atoms with Crippen LogP contribution in [0.5, 0.6) is 0 Å². The normalized spacial score (nSPS) is 12.7. The topological polar surface area (TPSA) is 26.0 Å². The standard InChI is InChI=1S/C16H21NS/c1-5-13-6-7-18-16(13)15(17)14-11(3)8-10(2)9-12(14)4/h6-9,15H,5,17H2,1-4H3. The molecule has 0 saturated carbocycles. The number of nitrogens with two attached hydrogens (primary N) is 1. The van der Waals surface area contributed by atoms with Crippen LogP contribution in [0.15, 0.2) is 23.6 Å².